The predicted octanol–water partition coefficient (Wildman–Crippen LogP) is 4.06. The van der Waals surface area contributed by atoms with E-state index >= 15 is 0 Å². The molecule has 0 saturated heterocycles. The van der Waals surface area contributed by atoms with E-state index in [0.717, 1.165) is 29.2 Å². The van der Waals surface area contributed by atoms with Gasteiger partial charge in [0.05, 0.1) is 0 Å². The largest absolute Gasteiger partial charge is 0.481 e. The smallest absolute Gasteiger partial charge is 0.303 e. The normalized spacial score (nSPS) is 10.6. The number of carbonyl (C=O) groups excluding carboxylic acids is 1. The second-order valence-corrected chi connectivity index (χ2v) is 4.90. The minimum atomic E-state index is -0.773. The van der Waals surface area contributed by atoms with E-state index in [1.807, 2.05) is 42.5 Å². The summed E-state index contributed by atoms with van der Waals surface area (Å²) in [6.07, 6.45) is 2.83. The fraction of sp³-hybridized carbons (Fsp3) is 0.294. The Hall–Kier alpha value is -2.16. The monoisotopic (exact) mass is 270 g/mol. The van der Waals surface area contributed by atoms with E-state index in [9.17, 15) is 9.59 Å². The standard InChI is InChI=1S/C17H18O3/c18-16(11-2-1-3-12-17(19)20)15-10-6-8-13-7-4-5-9-14(13)15/h4-10H,1-3,11-12H2,(H,19,20). The van der Waals surface area contributed by atoms with Gasteiger partial charge in [0.25, 0.3) is 0 Å². The molecule has 3 heteroatoms. The van der Waals surface area contributed by atoms with E-state index in [4.69, 9.17) is 5.11 Å². The first kappa shape index (κ1) is 14.3. The van der Waals surface area contributed by atoms with Gasteiger partial charge in [0.2, 0.25) is 0 Å². The van der Waals surface area contributed by atoms with Crippen molar-refractivity contribution in [3.63, 3.8) is 0 Å². The molecule has 2 aromatic rings. The summed E-state index contributed by atoms with van der Waals surface area (Å²) in [4.78, 5) is 22.6. The number of carbonyl (C=O) groups is 2. The van der Waals surface area contributed by atoms with Gasteiger partial charge in [0.15, 0.2) is 5.78 Å². The quantitative estimate of drug-likeness (QED) is 0.609. The Morgan fingerprint density at radius 1 is 0.850 bits per heavy atom. The number of hydrogen-bond donors (Lipinski definition) is 1. The molecule has 2 rings (SSSR count). The van der Waals surface area contributed by atoms with Crippen LogP contribution in [0.1, 0.15) is 42.5 Å². The molecule has 2 aromatic carbocycles. The highest BCUT2D eigenvalue weighted by Crippen LogP contribution is 2.20. The number of benzene rings is 2. The fourth-order valence-corrected chi connectivity index (χ4v) is 2.34. The van der Waals surface area contributed by atoms with Crippen molar-refractivity contribution >= 4 is 22.5 Å². The second-order valence-electron chi connectivity index (χ2n) is 4.90. The van der Waals surface area contributed by atoms with Crippen LogP contribution < -0.4 is 0 Å². The maximum absolute atomic E-state index is 12.2. The van der Waals surface area contributed by atoms with E-state index in [2.05, 4.69) is 0 Å². The zero-order valence-electron chi connectivity index (χ0n) is 11.3. The van der Waals surface area contributed by atoms with Gasteiger partial charge in [0, 0.05) is 18.4 Å². The van der Waals surface area contributed by atoms with Gasteiger partial charge in [-0.1, -0.05) is 48.9 Å². The van der Waals surface area contributed by atoms with Crippen LogP contribution in [0, 0.1) is 0 Å². The lowest BCUT2D eigenvalue weighted by atomic mass is 9.98. The topological polar surface area (TPSA) is 54.4 Å². The van der Waals surface area contributed by atoms with Crippen molar-refractivity contribution in [3.8, 4) is 0 Å². The molecule has 1 N–H and O–H groups in total. The maximum atomic E-state index is 12.2. The Balaban J connectivity index is 1.96. The van der Waals surface area contributed by atoms with Crippen molar-refractivity contribution in [1.82, 2.24) is 0 Å². The summed E-state index contributed by atoms with van der Waals surface area (Å²) in [7, 11) is 0. The van der Waals surface area contributed by atoms with Crippen LogP contribution in [-0.2, 0) is 4.79 Å². The Morgan fingerprint density at radius 2 is 1.55 bits per heavy atom. The molecule has 0 aliphatic heterocycles. The molecule has 0 spiro atoms. The summed E-state index contributed by atoms with van der Waals surface area (Å²) in [5.41, 5.74) is 0.765. The van der Waals surface area contributed by atoms with Gasteiger partial charge in [-0.25, -0.2) is 0 Å². The van der Waals surface area contributed by atoms with Crippen molar-refractivity contribution in [2.24, 2.45) is 0 Å². The van der Waals surface area contributed by atoms with E-state index in [-0.39, 0.29) is 12.2 Å². The van der Waals surface area contributed by atoms with E-state index in [1.54, 1.807) is 0 Å². The predicted molar refractivity (Wildman–Crippen MR) is 79.0 cm³/mol. The molecule has 104 valence electrons. The Labute approximate surface area is 118 Å². The first-order chi connectivity index (χ1) is 9.68. The number of Topliss-reactive ketones (excluding diaryl/α,β-unsaturated/α-hetero) is 1. The molecule has 0 aliphatic rings. The molecule has 0 bridgehead atoms. The zero-order chi connectivity index (χ0) is 14.4. The van der Waals surface area contributed by atoms with E-state index in [1.165, 1.54) is 0 Å². The lowest BCUT2D eigenvalue weighted by Gasteiger charge is -2.05. The molecule has 0 atom stereocenters. The number of carboxylic acids is 1. The summed E-state index contributed by atoms with van der Waals surface area (Å²) >= 11 is 0. The Morgan fingerprint density at radius 3 is 2.35 bits per heavy atom. The zero-order valence-corrected chi connectivity index (χ0v) is 11.3. The molecule has 0 saturated carbocycles. The number of unbranched alkanes of at least 4 members (excludes halogenated alkanes) is 2. The molecular weight excluding hydrogens is 252 g/mol. The van der Waals surface area contributed by atoms with Crippen molar-refractivity contribution in [1.29, 1.82) is 0 Å². The van der Waals surface area contributed by atoms with Crippen LogP contribution in [0.3, 0.4) is 0 Å². The van der Waals surface area contributed by atoms with Crippen LogP contribution >= 0.6 is 0 Å². The highest BCUT2D eigenvalue weighted by atomic mass is 16.4. The van der Waals surface area contributed by atoms with Gasteiger partial charge in [-0.3, -0.25) is 9.59 Å². The lowest BCUT2D eigenvalue weighted by Crippen LogP contribution is -2.00. The maximum Gasteiger partial charge on any atom is 0.303 e. The SMILES string of the molecule is O=C(O)CCCCCC(=O)c1cccc2ccccc12. The summed E-state index contributed by atoms with van der Waals surface area (Å²) in [5.74, 6) is -0.637. The molecule has 3 nitrogen and oxygen atoms in total. The van der Waals surface area contributed by atoms with Crippen molar-refractivity contribution in [2.75, 3.05) is 0 Å². The van der Waals surface area contributed by atoms with Gasteiger partial charge in [-0.05, 0) is 23.6 Å². The third-order valence-electron chi connectivity index (χ3n) is 3.38. The number of aliphatic carboxylic acids is 1. The fourth-order valence-electron chi connectivity index (χ4n) is 2.34. The summed E-state index contributed by atoms with van der Waals surface area (Å²) in [6, 6.07) is 13.6. The highest BCUT2D eigenvalue weighted by molar-refractivity contribution is 6.08. The number of ketones is 1. The van der Waals surface area contributed by atoms with Crippen molar-refractivity contribution in [3.05, 3.63) is 48.0 Å². The van der Waals surface area contributed by atoms with Gasteiger partial charge >= 0.3 is 5.97 Å². The van der Waals surface area contributed by atoms with Crippen LogP contribution in [0.2, 0.25) is 0 Å². The second kappa shape index (κ2) is 6.85. The number of rotatable bonds is 7. The minimum Gasteiger partial charge on any atom is -0.481 e. The van der Waals surface area contributed by atoms with Gasteiger partial charge in [-0.2, -0.15) is 0 Å². The molecule has 0 amide bonds. The lowest BCUT2D eigenvalue weighted by molar-refractivity contribution is -0.137. The van der Waals surface area contributed by atoms with Crippen LogP contribution in [0.15, 0.2) is 42.5 Å². The van der Waals surface area contributed by atoms with Crippen LogP contribution in [0.4, 0.5) is 0 Å². The first-order valence-corrected chi connectivity index (χ1v) is 6.91. The molecule has 0 radical (unpaired) electrons. The summed E-state index contributed by atoms with van der Waals surface area (Å²) in [5, 5.41) is 10.6. The van der Waals surface area contributed by atoms with Crippen LogP contribution in [0.5, 0.6) is 0 Å². The third kappa shape index (κ3) is 3.67. The number of fused-ring (bicyclic) bond motifs is 1. The first-order valence-electron chi connectivity index (χ1n) is 6.91. The average Bonchev–Trinajstić information content (AvgIpc) is 2.45. The summed E-state index contributed by atoms with van der Waals surface area (Å²) < 4.78 is 0. The Kier molecular flexibility index (Phi) is 4.88. The third-order valence-corrected chi connectivity index (χ3v) is 3.38. The van der Waals surface area contributed by atoms with Crippen LogP contribution in [-0.4, -0.2) is 16.9 Å². The summed E-state index contributed by atoms with van der Waals surface area (Å²) in [6.45, 7) is 0. The Bertz CT molecular complexity index is 611. The molecule has 0 aromatic heterocycles. The molecular formula is C17H18O3. The molecule has 0 unspecified atom stereocenters. The van der Waals surface area contributed by atoms with Crippen molar-refractivity contribution < 1.29 is 14.7 Å². The van der Waals surface area contributed by atoms with E-state index in [0.29, 0.717) is 12.8 Å². The molecule has 0 fully saturated rings. The van der Waals surface area contributed by atoms with E-state index < -0.39 is 5.97 Å². The molecule has 0 heterocycles. The van der Waals surface area contributed by atoms with Gasteiger partial charge < -0.3 is 5.11 Å². The minimum absolute atomic E-state index is 0.136. The number of hydrogen-bond acceptors (Lipinski definition) is 2. The highest BCUT2D eigenvalue weighted by Gasteiger charge is 2.09. The molecule has 0 aliphatic carbocycles. The van der Waals surface area contributed by atoms with Gasteiger partial charge in [0.1, 0.15) is 0 Å². The number of carboxylic acid groups (broad SMARTS) is 1. The van der Waals surface area contributed by atoms with Gasteiger partial charge in [-0.15, -0.1) is 0 Å². The average molecular weight is 270 g/mol. The van der Waals surface area contributed by atoms with Crippen LogP contribution in [0.25, 0.3) is 10.8 Å². The molecule has 20 heavy (non-hydrogen) atoms. The van der Waals surface area contributed by atoms with Crippen molar-refractivity contribution in [2.45, 2.75) is 32.1 Å².